The normalized spacial score (nSPS) is 18.4. The molecule has 2 aromatic heterocycles. The van der Waals surface area contributed by atoms with Crippen LogP contribution in [0.15, 0.2) is 6.07 Å². The Morgan fingerprint density at radius 2 is 2.00 bits per heavy atom. The summed E-state index contributed by atoms with van der Waals surface area (Å²) >= 11 is 0. The second-order valence-electron chi connectivity index (χ2n) is 6.05. The van der Waals surface area contributed by atoms with Crippen molar-refractivity contribution in [2.24, 2.45) is 7.05 Å². The average molecular weight is 316 g/mol. The third-order valence-electron chi connectivity index (χ3n) is 4.47. The lowest BCUT2D eigenvalue weighted by Crippen LogP contribution is -2.48. The molecule has 1 aliphatic rings. The number of carbonyl (C=O) groups is 2. The minimum atomic E-state index is -0.942. The summed E-state index contributed by atoms with van der Waals surface area (Å²) in [6, 6.07) is 1.04. The Kier molecular flexibility index (Phi) is 3.79. The lowest BCUT2D eigenvalue weighted by molar-refractivity contribution is -0.143. The van der Waals surface area contributed by atoms with Crippen LogP contribution in [0.4, 0.5) is 0 Å². The standard InChI is InChI=1S/C16H20N4O3/c1-9-12(8-11-10(2)18-19(3)14(11)17-9)15(21)20-7-5-4-6-13(20)16(22)23/h8,13H,4-7H2,1-3H3,(H,22,23). The molecule has 1 fully saturated rings. The molecule has 23 heavy (non-hydrogen) atoms. The van der Waals surface area contributed by atoms with E-state index in [9.17, 15) is 14.7 Å². The SMILES string of the molecule is Cc1nc2c(cc1C(=O)N1CCCCC1C(=O)O)c(C)nn2C. The van der Waals surface area contributed by atoms with Gasteiger partial charge in [0.15, 0.2) is 5.65 Å². The minimum absolute atomic E-state index is 0.257. The van der Waals surface area contributed by atoms with Crippen molar-refractivity contribution in [3.63, 3.8) is 0 Å². The molecule has 122 valence electrons. The highest BCUT2D eigenvalue weighted by Crippen LogP contribution is 2.24. The zero-order valence-electron chi connectivity index (χ0n) is 13.5. The van der Waals surface area contributed by atoms with E-state index in [4.69, 9.17) is 0 Å². The highest BCUT2D eigenvalue weighted by atomic mass is 16.4. The predicted molar refractivity (Wildman–Crippen MR) is 84.3 cm³/mol. The van der Waals surface area contributed by atoms with E-state index in [0.717, 1.165) is 29.6 Å². The van der Waals surface area contributed by atoms with Gasteiger partial charge >= 0.3 is 5.97 Å². The molecule has 0 aliphatic carbocycles. The van der Waals surface area contributed by atoms with E-state index < -0.39 is 12.0 Å². The van der Waals surface area contributed by atoms with Gasteiger partial charge in [0.2, 0.25) is 0 Å². The van der Waals surface area contributed by atoms with Gasteiger partial charge in [0, 0.05) is 19.0 Å². The lowest BCUT2D eigenvalue weighted by Gasteiger charge is -2.33. The summed E-state index contributed by atoms with van der Waals surface area (Å²) in [4.78, 5) is 30.3. The highest BCUT2D eigenvalue weighted by Gasteiger charge is 2.33. The Labute approximate surface area is 133 Å². The summed E-state index contributed by atoms with van der Waals surface area (Å²) in [6.45, 7) is 4.11. The van der Waals surface area contributed by atoms with Gasteiger partial charge < -0.3 is 10.0 Å². The number of aromatic nitrogens is 3. The third kappa shape index (κ3) is 2.56. The smallest absolute Gasteiger partial charge is 0.326 e. The van der Waals surface area contributed by atoms with Crippen LogP contribution in [0.1, 0.15) is 41.0 Å². The Bertz CT molecular complexity index is 796. The molecule has 0 bridgehead atoms. The number of nitrogens with zero attached hydrogens (tertiary/aromatic N) is 4. The number of fused-ring (bicyclic) bond motifs is 1. The largest absolute Gasteiger partial charge is 0.480 e. The topological polar surface area (TPSA) is 88.3 Å². The van der Waals surface area contributed by atoms with E-state index >= 15 is 0 Å². The quantitative estimate of drug-likeness (QED) is 0.910. The number of hydrogen-bond donors (Lipinski definition) is 1. The molecule has 0 radical (unpaired) electrons. The first kappa shape index (κ1) is 15.5. The van der Waals surface area contributed by atoms with Gasteiger partial charge in [0.05, 0.1) is 17.0 Å². The molecular formula is C16H20N4O3. The summed E-state index contributed by atoms with van der Waals surface area (Å²) in [6.07, 6.45) is 2.16. The minimum Gasteiger partial charge on any atom is -0.480 e. The number of carboxylic acid groups (broad SMARTS) is 1. The molecule has 0 spiro atoms. The molecule has 0 aromatic carbocycles. The van der Waals surface area contributed by atoms with Gasteiger partial charge in [0.25, 0.3) is 5.91 Å². The summed E-state index contributed by atoms with van der Waals surface area (Å²) in [5.74, 6) is -1.20. The number of hydrogen-bond acceptors (Lipinski definition) is 4. The predicted octanol–water partition coefficient (Wildman–Crippen LogP) is 1.66. The fourth-order valence-electron chi connectivity index (χ4n) is 3.23. The Morgan fingerprint density at radius 3 is 2.70 bits per heavy atom. The number of piperidine rings is 1. The molecule has 3 heterocycles. The van der Waals surface area contributed by atoms with E-state index in [1.807, 2.05) is 14.0 Å². The fraction of sp³-hybridized carbons (Fsp3) is 0.500. The maximum absolute atomic E-state index is 12.9. The van der Waals surface area contributed by atoms with E-state index in [2.05, 4.69) is 10.1 Å². The number of rotatable bonds is 2. The summed E-state index contributed by atoms with van der Waals surface area (Å²) < 4.78 is 1.69. The monoisotopic (exact) mass is 316 g/mol. The van der Waals surface area contributed by atoms with Gasteiger partial charge in [0.1, 0.15) is 6.04 Å². The highest BCUT2D eigenvalue weighted by molar-refractivity contribution is 6.00. The zero-order chi connectivity index (χ0) is 16.7. The molecule has 1 N–H and O–H groups in total. The van der Waals surface area contributed by atoms with Crippen molar-refractivity contribution >= 4 is 22.9 Å². The van der Waals surface area contributed by atoms with Crippen LogP contribution < -0.4 is 0 Å². The van der Waals surface area contributed by atoms with Crippen LogP contribution in [-0.2, 0) is 11.8 Å². The maximum atomic E-state index is 12.9. The van der Waals surface area contributed by atoms with Crippen LogP contribution >= 0.6 is 0 Å². The molecular weight excluding hydrogens is 296 g/mol. The van der Waals surface area contributed by atoms with Crippen LogP contribution in [0.5, 0.6) is 0 Å². The number of likely N-dealkylation sites (tertiary alicyclic amines) is 1. The number of pyridine rings is 1. The fourth-order valence-corrected chi connectivity index (χ4v) is 3.23. The van der Waals surface area contributed by atoms with Gasteiger partial charge in [-0.1, -0.05) is 0 Å². The van der Waals surface area contributed by atoms with Gasteiger partial charge in [-0.15, -0.1) is 0 Å². The number of aliphatic carboxylic acids is 1. The molecule has 1 aliphatic heterocycles. The summed E-state index contributed by atoms with van der Waals surface area (Å²) in [5.41, 5.74) is 2.59. The molecule has 2 aromatic rings. The van der Waals surface area contributed by atoms with Crippen molar-refractivity contribution in [1.29, 1.82) is 0 Å². The van der Waals surface area contributed by atoms with Gasteiger partial charge in [-0.3, -0.25) is 9.48 Å². The van der Waals surface area contributed by atoms with Crippen molar-refractivity contribution in [3.8, 4) is 0 Å². The number of amides is 1. The van der Waals surface area contributed by atoms with Crippen molar-refractivity contribution in [1.82, 2.24) is 19.7 Å². The van der Waals surface area contributed by atoms with E-state index in [1.165, 1.54) is 4.90 Å². The first-order valence-corrected chi connectivity index (χ1v) is 7.75. The first-order valence-electron chi connectivity index (χ1n) is 7.75. The number of aryl methyl sites for hydroxylation is 3. The van der Waals surface area contributed by atoms with Crippen LogP contribution in [-0.4, -0.2) is 49.2 Å². The summed E-state index contributed by atoms with van der Waals surface area (Å²) in [5, 5.41) is 14.5. The first-order chi connectivity index (χ1) is 10.9. The lowest BCUT2D eigenvalue weighted by atomic mass is 10.00. The van der Waals surface area contributed by atoms with Gasteiger partial charge in [-0.25, -0.2) is 9.78 Å². The third-order valence-corrected chi connectivity index (χ3v) is 4.47. The Balaban J connectivity index is 2.04. The maximum Gasteiger partial charge on any atom is 0.326 e. The van der Waals surface area contributed by atoms with E-state index in [0.29, 0.717) is 24.2 Å². The molecule has 7 heteroatoms. The molecule has 7 nitrogen and oxygen atoms in total. The molecule has 1 amide bonds. The molecule has 1 atom stereocenters. The van der Waals surface area contributed by atoms with Crippen LogP contribution in [0.25, 0.3) is 11.0 Å². The van der Waals surface area contributed by atoms with Crippen LogP contribution in [0.2, 0.25) is 0 Å². The molecule has 0 saturated carbocycles. The van der Waals surface area contributed by atoms with Crippen molar-refractivity contribution in [2.75, 3.05) is 6.54 Å². The zero-order valence-corrected chi connectivity index (χ0v) is 13.5. The second-order valence-corrected chi connectivity index (χ2v) is 6.05. The Hall–Kier alpha value is -2.44. The van der Waals surface area contributed by atoms with Gasteiger partial charge in [-0.05, 0) is 39.2 Å². The van der Waals surface area contributed by atoms with Crippen LogP contribution in [0, 0.1) is 13.8 Å². The van der Waals surface area contributed by atoms with Crippen molar-refractivity contribution in [2.45, 2.75) is 39.2 Å². The second kappa shape index (κ2) is 5.64. The number of carboxylic acids is 1. The van der Waals surface area contributed by atoms with E-state index in [1.54, 1.807) is 17.7 Å². The Morgan fingerprint density at radius 1 is 1.26 bits per heavy atom. The summed E-state index contributed by atoms with van der Waals surface area (Å²) in [7, 11) is 1.81. The average Bonchev–Trinajstić information content (AvgIpc) is 2.79. The molecule has 3 rings (SSSR count). The van der Waals surface area contributed by atoms with Gasteiger partial charge in [-0.2, -0.15) is 5.10 Å². The molecule has 1 saturated heterocycles. The number of carbonyl (C=O) groups excluding carboxylic acids is 1. The van der Waals surface area contributed by atoms with Crippen molar-refractivity contribution < 1.29 is 14.7 Å². The molecule has 1 unspecified atom stereocenters. The van der Waals surface area contributed by atoms with E-state index in [-0.39, 0.29) is 5.91 Å². The van der Waals surface area contributed by atoms with Crippen LogP contribution in [0.3, 0.4) is 0 Å². The van der Waals surface area contributed by atoms with Crippen molar-refractivity contribution in [3.05, 3.63) is 23.0 Å².